The Labute approximate surface area is 165 Å². The molecular formula is C22H25N5O. The number of imidazole rings is 1. The molecule has 3 aromatic rings. The van der Waals surface area contributed by atoms with E-state index in [1.165, 1.54) is 5.56 Å². The van der Waals surface area contributed by atoms with Crippen molar-refractivity contribution in [3.63, 3.8) is 0 Å². The first-order chi connectivity index (χ1) is 13.6. The summed E-state index contributed by atoms with van der Waals surface area (Å²) in [5.41, 5.74) is 3.92. The highest BCUT2D eigenvalue weighted by molar-refractivity contribution is 5.95. The maximum Gasteiger partial charge on any atom is 0.248 e. The summed E-state index contributed by atoms with van der Waals surface area (Å²) in [5.74, 6) is -0.0488. The molecule has 3 heterocycles. The fourth-order valence-corrected chi connectivity index (χ4v) is 3.79. The van der Waals surface area contributed by atoms with Crippen LogP contribution in [-0.2, 0) is 17.8 Å². The summed E-state index contributed by atoms with van der Waals surface area (Å²) >= 11 is 0. The van der Waals surface area contributed by atoms with Gasteiger partial charge in [-0.05, 0) is 31.5 Å². The second-order valence-electron chi connectivity index (χ2n) is 7.42. The Morgan fingerprint density at radius 1 is 1.21 bits per heavy atom. The summed E-state index contributed by atoms with van der Waals surface area (Å²) in [6, 6.07) is 13.8. The molecule has 1 N–H and O–H groups in total. The van der Waals surface area contributed by atoms with Crippen LogP contribution in [0.2, 0.25) is 0 Å². The van der Waals surface area contributed by atoms with Crippen molar-refractivity contribution in [2.45, 2.75) is 38.9 Å². The summed E-state index contributed by atoms with van der Waals surface area (Å²) in [4.78, 5) is 24.3. The molecule has 1 amide bonds. The number of nitrogens with zero attached hydrogens (tertiary/aromatic N) is 4. The third-order valence-corrected chi connectivity index (χ3v) is 5.13. The Balaban J connectivity index is 1.69. The van der Waals surface area contributed by atoms with Crippen LogP contribution in [0.4, 0.5) is 5.69 Å². The molecule has 1 aliphatic heterocycles. The van der Waals surface area contributed by atoms with Gasteiger partial charge in [0.05, 0.1) is 29.6 Å². The first-order valence-electron chi connectivity index (χ1n) is 9.68. The van der Waals surface area contributed by atoms with E-state index in [4.69, 9.17) is 0 Å². The minimum absolute atomic E-state index is 0.0488. The number of benzene rings is 1. The van der Waals surface area contributed by atoms with Gasteiger partial charge in [-0.2, -0.15) is 0 Å². The van der Waals surface area contributed by atoms with Crippen molar-refractivity contribution in [3.8, 4) is 0 Å². The smallest absolute Gasteiger partial charge is 0.248 e. The van der Waals surface area contributed by atoms with Crippen molar-refractivity contribution in [3.05, 3.63) is 78.1 Å². The van der Waals surface area contributed by atoms with Crippen molar-refractivity contribution >= 4 is 11.6 Å². The molecule has 0 fully saturated rings. The molecule has 2 aromatic heterocycles. The fraction of sp³-hybridized carbons (Fsp3) is 0.318. The minimum atomic E-state index is -0.394. The van der Waals surface area contributed by atoms with Crippen LogP contribution < -0.4 is 5.32 Å². The molecule has 0 saturated heterocycles. The van der Waals surface area contributed by atoms with Crippen molar-refractivity contribution in [2.24, 2.45) is 0 Å². The normalized spacial score (nSPS) is 16.8. The standard InChI is InChI=1S/C22H25N5O/c1-16(2)27-15-24-19-10-12-26(14-17-7-4-3-5-8-17)21(20(19)27)22(28)25-18-9-6-11-23-13-18/h3-9,11,13,15-16,21H,10,12,14H2,1-2H3,(H,25,28). The van der Waals surface area contributed by atoms with Crippen molar-refractivity contribution in [1.82, 2.24) is 19.4 Å². The van der Waals surface area contributed by atoms with Gasteiger partial charge in [0.2, 0.25) is 5.91 Å². The maximum absolute atomic E-state index is 13.4. The van der Waals surface area contributed by atoms with Crippen LogP contribution in [0.5, 0.6) is 0 Å². The van der Waals surface area contributed by atoms with Crippen molar-refractivity contribution < 1.29 is 4.79 Å². The maximum atomic E-state index is 13.4. The Morgan fingerprint density at radius 2 is 2.04 bits per heavy atom. The zero-order chi connectivity index (χ0) is 19.5. The summed E-state index contributed by atoms with van der Waals surface area (Å²) < 4.78 is 2.12. The molecular weight excluding hydrogens is 350 g/mol. The van der Waals surface area contributed by atoms with E-state index in [0.29, 0.717) is 12.2 Å². The van der Waals surface area contributed by atoms with E-state index in [0.717, 1.165) is 24.4 Å². The topological polar surface area (TPSA) is 63.1 Å². The number of carbonyl (C=O) groups is 1. The van der Waals surface area contributed by atoms with Gasteiger partial charge >= 0.3 is 0 Å². The molecule has 0 aliphatic carbocycles. The van der Waals surface area contributed by atoms with Crippen LogP contribution in [-0.4, -0.2) is 31.9 Å². The van der Waals surface area contributed by atoms with Gasteiger partial charge < -0.3 is 9.88 Å². The minimum Gasteiger partial charge on any atom is -0.330 e. The van der Waals surface area contributed by atoms with Gasteiger partial charge in [-0.25, -0.2) is 4.98 Å². The molecule has 0 radical (unpaired) electrons. The molecule has 6 heteroatoms. The van der Waals surface area contributed by atoms with Crippen LogP contribution in [0.3, 0.4) is 0 Å². The van der Waals surface area contributed by atoms with Gasteiger partial charge in [-0.1, -0.05) is 30.3 Å². The summed E-state index contributed by atoms with van der Waals surface area (Å²) in [5, 5.41) is 3.04. The van der Waals surface area contributed by atoms with E-state index in [-0.39, 0.29) is 11.9 Å². The quantitative estimate of drug-likeness (QED) is 0.740. The number of pyridine rings is 1. The predicted molar refractivity (Wildman–Crippen MR) is 109 cm³/mol. The molecule has 0 bridgehead atoms. The zero-order valence-corrected chi connectivity index (χ0v) is 16.2. The lowest BCUT2D eigenvalue weighted by atomic mass is 9.99. The predicted octanol–water partition coefficient (Wildman–Crippen LogP) is 3.60. The van der Waals surface area contributed by atoms with Crippen LogP contribution in [0.15, 0.2) is 61.2 Å². The van der Waals surface area contributed by atoms with Gasteiger partial charge in [0.1, 0.15) is 6.04 Å². The molecule has 144 valence electrons. The van der Waals surface area contributed by atoms with E-state index in [1.54, 1.807) is 12.4 Å². The summed E-state index contributed by atoms with van der Waals surface area (Å²) in [7, 11) is 0. The Hall–Kier alpha value is -2.99. The third kappa shape index (κ3) is 3.68. The van der Waals surface area contributed by atoms with E-state index in [2.05, 4.69) is 50.7 Å². The number of amides is 1. The number of aromatic nitrogens is 3. The Morgan fingerprint density at radius 3 is 2.75 bits per heavy atom. The highest BCUT2D eigenvalue weighted by Gasteiger charge is 2.37. The second kappa shape index (κ2) is 7.94. The lowest BCUT2D eigenvalue weighted by Gasteiger charge is -2.36. The van der Waals surface area contributed by atoms with Crippen LogP contribution >= 0.6 is 0 Å². The Kier molecular flexibility index (Phi) is 5.21. The number of fused-ring (bicyclic) bond motifs is 1. The second-order valence-corrected chi connectivity index (χ2v) is 7.42. The molecule has 0 spiro atoms. The molecule has 1 atom stereocenters. The van der Waals surface area contributed by atoms with Crippen molar-refractivity contribution in [2.75, 3.05) is 11.9 Å². The molecule has 6 nitrogen and oxygen atoms in total. The molecule has 28 heavy (non-hydrogen) atoms. The van der Waals surface area contributed by atoms with Gasteiger partial charge in [-0.3, -0.25) is 14.7 Å². The SMILES string of the molecule is CC(C)n1cnc2c1C(C(=O)Nc1cccnc1)N(Cc1ccccc1)CC2. The average Bonchev–Trinajstić information content (AvgIpc) is 3.13. The molecule has 0 saturated carbocycles. The summed E-state index contributed by atoms with van der Waals surface area (Å²) in [6.07, 6.45) is 6.08. The van der Waals surface area contributed by atoms with E-state index < -0.39 is 6.04 Å². The van der Waals surface area contributed by atoms with E-state index >= 15 is 0 Å². The van der Waals surface area contributed by atoms with Gasteiger partial charge in [0, 0.05) is 31.7 Å². The highest BCUT2D eigenvalue weighted by atomic mass is 16.2. The number of hydrogen-bond donors (Lipinski definition) is 1. The zero-order valence-electron chi connectivity index (χ0n) is 16.2. The molecule has 1 aliphatic rings. The first-order valence-corrected chi connectivity index (χ1v) is 9.68. The largest absolute Gasteiger partial charge is 0.330 e. The monoisotopic (exact) mass is 375 g/mol. The Bertz CT molecular complexity index is 936. The fourth-order valence-electron chi connectivity index (χ4n) is 3.79. The first kappa shape index (κ1) is 18.4. The number of rotatable bonds is 5. The molecule has 1 aromatic carbocycles. The van der Waals surface area contributed by atoms with Gasteiger partial charge in [0.15, 0.2) is 0 Å². The van der Waals surface area contributed by atoms with E-state index in [1.807, 2.05) is 36.7 Å². The van der Waals surface area contributed by atoms with Gasteiger partial charge in [0.25, 0.3) is 0 Å². The van der Waals surface area contributed by atoms with Crippen LogP contribution in [0.25, 0.3) is 0 Å². The lowest BCUT2D eigenvalue weighted by Crippen LogP contribution is -2.42. The lowest BCUT2D eigenvalue weighted by molar-refractivity contribution is -0.122. The highest BCUT2D eigenvalue weighted by Crippen LogP contribution is 2.33. The number of hydrogen-bond acceptors (Lipinski definition) is 4. The third-order valence-electron chi connectivity index (χ3n) is 5.13. The number of anilines is 1. The van der Waals surface area contributed by atoms with Crippen LogP contribution in [0.1, 0.15) is 42.9 Å². The summed E-state index contributed by atoms with van der Waals surface area (Å²) in [6.45, 7) is 5.75. The van der Waals surface area contributed by atoms with Gasteiger partial charge in [-0.15, -0.1) is 0 Å². The average molecular weight is 375 g/mol. The van der Waals surface area contributed by atoms with Crippen LogP contribution in [0, 0.1) is 0 Å². The number of nitrogens with one attached hydrogen (secondary N) is 1. The molecule has 1 unspecified atom stereocenters. The number of carbonyl (C=O) groups excluding carboxylic acids is 1. The van der Waals surface area contributed by atoms with E-state index in [9.17, 15) is 4.79 Å². The van der Waals surface area contributed by atoms with Crippen molar-refractivity contribution in [1.29, 1.82) is 0 Å². The molecule has 4 rings (SSSR count).